The van der Waals surface area contributed by atoms with Gasteiger partial charge in [-0.25, -0.2) is 14.4 Å². The lowest BCUT2D eigenvalue weighted by Gasteiger charge is -2.03. The van der Waals surface area contributed by atoms with Crippen molar-refractivity contribution in [2.45, 2.75) is 0 Å². The molecule has 6 aromatic rings. The molecule has 6 rings (SSSR count). The van der Waals surface area contributed by atoms with Gasteiger partial charge in [0.15, 0.2) is 11.5 Å². The number of aromatic hydroxyl groups is 1. The molecule has 9 heteroatoms. The van der Waals surface area contributed by atoms with Crippen molar-refractivity contribution in [3.63, 3.8) is 0 Å². The first-order valence-electron chi connectivity index (χ1n) is 9.76. The minimum Gasteiger partial charge on any atom is -0.508 e. The van der Waals surface area contributed by atoms with Crippen molar-refractivity contribution < 1.29 is 9.50 Å². The Morgan fingerprint density at radius 2 is 1.84 bits per heavy atom. The molecule has 154 valence electrons. The zero-order chi connectivity index (χ0) is 21.7. The molecular formula is C23H14FN7O. The molecule has 5 heterocycles. The molecule has 8 nitrogen and oxygen atoms in total. The first kappa shape index (κ1) is 18.1. The Bertz CT molecular complexity index is 1590. The van der Waals surface area contributed by atoms with Crippen molar-refractivity contribution in [3.8, 4) is 39.8 Å². The molecule has 5 aromatic heterocycles. The summed E-state index contributed by atoms with van der Waals surface area (Å²) in [5.41, 5.74) is 5.05. The van der Waals surface area contributed by atoms with Crippen LogP contribution in [-0.2, 0) is 0 Å². The summed E-state index contributed by atoms with van der Waals surface area (Å²) in [6.45, 7) is 0. The van der Waals surface area contributed by atoms with E-state index in [-0.39, 0.29) is 5.75 Å². The fourth-order valence-corrected chi connectivity index (χ4v) is 3.74. The van der Waals surface area contributed by atoms with Crippen molar-refractivity contribution in [3.05, 3.63) is 72.9 Å². The highest BCUT2D eigenvalue weighted by Gasteiger charge is 2.17. The Kier molecular flexibility index (Phi) is 3.94. The van der Waals surface area contributed by atoms with E-state index in [1.54, 1.807) is 24.7 Å². The van der Waals surface area contributed by atoms with E-state index in [4.69, 9.17) is 4.98 Å². The molecular weight excluding hydrogens is 409 g/mol. The summed E-state index contributed by atoms with van der Waals surface area (Å²) in [4.78, 5) is 21.1. The van der Waals surface area contributed by atoms with E-state index in [9.17, 15) is 9.50 Å². The second-order valence-electron chi connectivity index (χ2n) is 7.24. The quantitative estimate of drug-likeness (QED) is 0.387. The van der Waals surface area contributed by atoms with Crippen LogP contribution in [0, 0.1) is 5.82 Å². The minimum absolute atomic E-state index is 0.158. The highest BCUT2D eigenvalue weighted by molar-refractivity contribution is 5.96. The van der Waals surface area contributed by atoms with Gasteiger partial charge in [-0.3, -0.25) is 15.1 Å². The van der Waals surface area contributed by atoms with Crippen LogP contribution in [0.25, 0.3) is 56.1 Å². The van der Waals surface area contributed by atoms with Gasteiger partial charge < -0.3 is 10.1 Å². The number of phenolic OH excluding ortho intramolecular Hbond substituents is 1. The van der Waals surface area contributed by atoms with Gasteiger partial charge in [0, 0.05) is 29.4 Å². The standard InChI is InChI=1S/C23H14FN7O/c24-13-7-12(8-14(32)9-13)15-4-6-26-22-20(15)28-23(29-22)21-16-10-18(17-3-1-2-5-25-17)27-11-19(16)30-31-21/h1-11,32H,(H,30,31)(H,26,28,29). The van der Waals surface area contributed by atoms with Crippen LogP contribution in [0.3, 0.4) is 0 Å². The number of phenols is 1. The van der Waals surface area contributed by atoms with E-state index in [1.807, 2.05) is 24.3 Å². The number of hydrogen-bond donors (Lipinski definition) is 3. The van der Waals surface area contributed by atoms with Gasteiger partial charge in [0.05, 0.1) is 17.6 Å². The van der Waals surface area contributed by atoms with Gasteiger partial charge >= 0.3 is 0 Å². The molecule has 0 bridgehead atoms. The van der Waals surface area contributed by atoms with Gasteiger partial charge in [-0.1, -0.05) is 6.07 Å². The van der Waals surface area contributed by atoms with Gasteiger partial charge in [0.1, 0.15) is 28.3 Å². The van der Waals surface area contributed by atoms with E-state index in [0.29, 0.717) is 45.0 Å². The Hall–Kier alpha value is -4.66. The first-order chi connectivity index (χ1) is 15.7. The normalized spacial score (nSPS) is 11.4. The summed E-state index contributed by atoms with van der Waals surface area (Å²) in [6, 6.07) is 13.2. The average Bonchev–Trinajstić information content (AvgIpc) is 3.42. The summed E-state index contributed by atoms with van der Waals surface area (Å²) >= 11 is 0. The molecule has 0 radical (unpaired) electrons. The highest BCUT2D eigenvalue weighted by Crippen LogP contribution is 2.33. The molecule has 0 aliphatic rings. The molecule has 3 N–H and O–H groups in total. The molecule has 0 saturated carbocycles. The number of fused-ring (bicyclic) bond motifs is 2. The second kappa shape index (κ2) is 6.95. The van der Waals surface area contributed by atoms with Crippen molar-refractivity contribution in [2.75, 3.05) is 0 Å². The van der Waals surface area contributed by atoms with Crippen LogP contribution >= 0.6 is 0 Å². The van der Waals surface area contributed by atoms with Crippen molar-refractivity contribution in [1.29, 1.82) is 0 Å². The summed E-state index contributed by atoms with van der Waals surface area (Å²) in [7, 11) is 0. The van der Waals surface area contributed by atoms with E-state index in [2.05, 4.69) is 30.1 Å². The fraction of sp³-hybridized carbons (Fsp3) is 0. The monoisotopic (exact) mass is 423 g/mol. The van der Waals surface area contributed by atoms with Crippen LogP contribution < -0.4 is 0 Å². The van der Waals surface area contributed by atoms with Crippen LogP contribution in [0.5, 0.6) is 5.75 Å². The number of nitrogens with zero attached hydrogens (tertiary/aromatic N) is 5. The molecule has 0 unspecified atom stereocenters. The number of H-pyrrole nitrogens is 2. The van der Waals surface area contributed by atoms with E-state index >= 15 is 0 Å². The molecule has 0 spiro atoms. The number of benzene rings is 1. The predicted molar refractivity (Wildman–Crippen MR) is 117 cm³/mol. The number of imidazole rings is 1. The van der Waals surface area contributed by atoms with Gasteiger partial charge in [0.2, 0.25) is 0 Å². The van der Waals surface area contributed by atoms with Crippen molar-refractivity contribution >= 4 is 22.1 Å². The second-order valence-corrected chi connectivity index (χ2v) is 7.24. The summed E-state index contributed by atoms with van der Waals surface area (Å²) in [5, 5.41) is 18.0. The lowest BCUT2D eigenvalue weighted by Crippen LogP contribution is -1.87. The zero-order valence-electron chi connectivity index (χ0n) is 16.4. The maximum atomic E-state index is 13.9. The van der Waals surface area contributed by atoms with Crippen molar-refractivity contribution in [2.24, 2.45) is 0 Å². The number of hydrogen-bond acceptors (Lipinski definition) is 6. The summed E-state index contributed by atoms with van der Waals surface area (Å²) in [6.07, 6.45) is 5.01. The van der Waals surface area contributed by atoms with E-state index in [0.717, 1.165) is 17.1 Å². The number of nitrogens with one attached hydrogen (secondary N) is 2. The Labute approximate surface area is 179 Å². The van der Waals surface area contributed by atoms with Crippen LogP contribution in [0.4, 0.5) is 4.39 Å². The van der Waals surface area contributed by atoms with E-state index in [1.165, 1.54) is 12.1 Å². The lowest BCUT2D eigenvalue weighted by atomic mass is 10.1. The predicted octanol–water partition coefficient (Wildman–Crippen LogP) is 4.47. The topological polar surface area (TPSA) is 116 Å². The Balaban J connectivity index is 1.52. The van der Waals surface area contributed by atoms with Crippen LogP contribution in [-0.4, -0.2) is 40.2 Å². The number of aromatic nitrogens is 7. The molecule has 32 heavy (non-hydrogen) atoms. The lowest BCUT2D eigenvalue weighted by molar-refractivity contribution is 0.469. The number of pyridine rings is 3. The van der Waals surface area contributed by atoms with Crippen molar-refractivity contribution in [1.82, 2.24) is 35.1 Å². The van der Waals surface area contributed by atoms with Gasteiger partial charge in [-0.05, 0) is 42.0 Å². The van der Waals surface area contributed by atoms with Crippen LogP contribution in [0.15, 0.2) is 67.1 Å². The highest BCUT2D eigenvalue weighted by atomic mass is 19.1. The molecule has 0 atom stereocenters. The number of rotatable bonds is 3. The third-order valence-corrected chi connectivity index (χ3v) is 5.18. The zero-order valence-corrected chi connectivity index (χ0v) is 16.4. The van der Waals surface area contributed by atoms with Gasteiger partial charge in [-0.15, -0.1) is 0 Å². The SMILES string of the molecule is Oc1cc(F)cc(-c2ccnc3[nH]c(-c4[nH]nc5cnc(-c6ccccn6)cc45)nc23)c1. The van der Waals surface area contributed by atoms with Gasteiger partial charge in [0.25, 0.3) is 0 Å². The largest absolute Gasteiger partial charge is 0.508 e. The molecule has 1 aromatic carbocycles. The summed E-state index contributed by atoms with van der Waals surface area (Å²) in [5.74, 6) is -0.161. The molecule has 0 fully saturated rings. The molecule has 0 aliphatic heterocycles. The summed E-state index contributed by atoms with van der Waals surface area (Å²) < 4.78 is 13.9. The smallest absolute Gasteiger partial charge is 0.158 e. The average molecular weight is 423 g/mol. The Morgan fingerprint density at radius 3 is 2.69 bits per heavy atom. The molecule has 0 saturated heterocycles. The number of halogens is 1. The molecule has 0 amide bonds. The van der Waals surface area contributed by atoms with E-state index < -0.39 is 5.82 Å². The molecule has 0 aliphatic carbocycles. The fourth-order valence-electron chi connectivity index (χ4n) is 3.74. The van der Waals surface area contributed by atoms with Crippen LogP contribution in [0.1, 0.15) is 0 Å². The third-order valence-electron chi connectivity index (χ3n) is 5.18. The maximum Gasteiger partial charge on any atom is 0.158 e. The number of aromatic amines is 2. The van der Waals surface area contributed by atoms with Gasteiger partial charge in [-0.2, -0.15) is 5.10 Å². The maximum absolute atomic E-state index is 13.9. The Morgan fingerprint density at radius 1 is 0.906 bits per heavy atom. The minimum atomic E-state index is -0.533. The third kappa shape index (κ3) is 2.95. The first-order valence-corrected chi connectivity index (χ1v) is 9.76. The van der Waals surface area contributed by atoms with Crippen LogP contribution in [0.2, 0.25) is 0 Å².